The lowest BCUT2D eigenvalue weighted by molar-refractivity contribution is -0.189. The maximum absolute atomic E-state index is 12.6. The molecule has 1 heterocycles. The second-order valence-electron chi connectivity index (χ2n) is 7.98. The fraction of sp³-hybridized carbons (Fsp3) is 0.160. The molecule has 2 N–H and O–H groups in total. The quantitative estimate of drug-likeness (QED) is 0.320. The van der Waals surface area contributed by atoms with Crippen LogP contribution >= 0.6 is 0 Å². The van der Waals surface area contributed by atoms with Gasteiger partial charge in [0.15, 0.2) is 6.10 Å². The van der Waals surface area contributed by atoms with E-state index in [-0.39, 0.29) is 5.75 Å². The molecule has 0 aliphatic rings. The Labute approximate surface area is 200 Å². The number of halogens is 3. The zero-order valence-corrected chi connectivity index (χ0v) is 19.6. The molecule has 0 fully saturated rings. The van der Waals surface area contributed by atoms with Crippen molar-refractivity contribution in [2.75, 3.05) is 11.0 Å². The Hall–Kier alpha value is -3.79. The van der Waals surface area contributed by atoms with Crippen LogP contribution in [0.4, 0.5) is 18.9 Å². The summed E-state index contributed by atoms with van der Waals surface area (Å²) in [4.78, 5) is 7.74. The van der Waals surface area contributed by atoms with Crippen molar-refractivity contribution >= 4 is 38.9 Å². The van der Waals surface area contributed by atoms with E-state index in [1.807, 2.05) is 30.3 Å². The van der Waals surface area contributed by atoms with Crippen LogP contribution in [0.3, 0.4) is 0 Å². The fourth-order valence-electron chi connectivity index (χ4n) is 3.40. The van der Waals surface area contributed by atoms with E-state index in [1.54, 1.807) is 36.4 Å². The molecule has 0 amide bonds. The number of para-hydroxylation sites is 1. The topological polar surface area (TPSA) is 84.1 Å². The number of imidazole rings is 1. The molecule has 1 atom stereocenters. The molecule has 0 saturated heterocycles. The monoisotopic (exact) mass is 501 g/mol. The summed E-state index contributed by atoms with van der Waals surface area (Å²) < 4.78 is 68.8. The summed E-state index contributed by atoms with van der Waals surface area (Å²) in [6, 6.07) is 19.0. The molecule has 6 nitrogen and oxygen atoms in total. The van der Waals surface area contributed by atoms with Crippen LogP contribution in [0.1, 0.15) is 18.3 Å². The zero-order chi connectivity index (χ0) is 25.2. The maximum atomic E-state index is 12.6. The predicted octanol–water partition coefficient (Wildman–Crippen LogP) is 6.10. The summed E-state index contributed by atoms with van der Waals surface area (Å²) >= 11 is 0. The number of sulfonamides is 1. The number of alkyl halides is 3. The minimum Gasteiger partial charge on any atom is -0.481 e. The first-order valence-corrected chi connectivity index (χ1v) is 12.5. The Balaban J connectivity index is 1.53. The SMILES string of the molecule is CC(Oc1ccc(/C=C/c2nc3ccc(-c4ccccc4NS(C)(=O)=O)cc3[nH]2)cc1)C(F)(F)F. The van der Waals surface area contributed by atoms with Crippen molar-refractivity contribution in [3.8, 4) is 16.9 Å². The van der Waals surface area contributed by atoms with Crippen molar-refractivity contribution in [3.63, 3.8) is 0 Å². The number of aromatic nitrogens is 2. The van der Waals surface area contributed by atoms with Gasteiger partial charge in [-0.05, 0) is 54.5 Å². The summed E-state index contributed by atoms with van der Waals surface area (Å²) in [5, 5.41) is 0. The molecule has 1 unspecified atom stereocenters. The van der Waals surface area contributed by atoms with Crippen LogP contribution in [-0.4, -0.2) is 36.9 Å². The molecule has 182 valence electrons. The van der Waals surface area contributed by atoms with Crippen LogP contribution in [0.5, 0.6) is 5.75 Å². The fourth-order valence-corrected chi connectivity index (χ4v) is 3.98. The lowest BCUT2D eigenvalue weighted by atomic mass is 10.0. The van der Waals surface area contributed by atoms with Gasteiger partial charge in [0.1, 0.15) is 11.6 Å². The van der Waals surface area contributed by atoms with Gasteiger partial charge in [-0.1, -0.05) is 42.5 Å². The third kappa shape index (κ3) is 6.21. The summed E-state index contributed by atoms with van der Waals surface area (Å²) in [5.41, 5.74) is 4.28. The van der Waals surface area contributed by atoms with Crippen molar-refractivity contribution in [2.45, 2.75) is 19.2 Å². The molecule has 0 saturated carbocycles. The summed E-state index contributed by atoms with van der Waals surface area (Å²) in [5.74, 6) is 0.722. The van der Waals surface area contributed by atoms with Crippen LogP contribution in [0.15, 0.2) is 66.7 Å². The summed E-state index contributed by atoms with van der Waals surface area (Å²) in [6.45, 7) is 0.960. The number of hydrogen-bond acceptors (Lipinski definition) is 4. The molecular weight excluding hydrogens is 479 g/mol. The normalized spacial score (nSPS) is 13.3. The zero-order valence-electron chi connectivity index (χ0n) is 18.8. The van der Waals surface area contributed by atoms with Gasteiger partial charge in [-0.15, -0.1) is 0 Å². The molecule has 0 bridgehead atoms. The number of H-pyrrole nitrogens is 1. The number of anilines is 1. The lowest BCUT2D eigenvalue weighted by Gasteiger charge is -2.17. The van der Waals surface area contributed by atoms with Crippen LogP contribution in [0, 0.1) is 0 Å². The minimum atomic E-state index is -4.42. The Bertz CT molecular complexity index is 1480. The average Bonchev–Trinajstić information content (AvgIpc) is 3.19. The Kier molecular flexibility index (Phi) is 6.58. The Morgan fingerprint density at radius 2 is 1.74 bits per heavy atom. The number of ether oxygens (including phenoxy) is 1. The second-order valence-corrected chi connectivity index (χ2v) is 9.73. The molecule has 4 rings (SSSR count). The number of benzene rings is 3. The highest BCUT2D eigenvalue weighted by atomic mass is 32.2. The first kappa shape index (κ1) is 24.3. The standard InChI is InChI=1S/C25H22F3N3O3S/c1-16(25(26,27)28)34-19-11-7-17(8-12-19)9-14-24-29-22-13-10-18(15-23(22)30-24)20-5-3-4-6-21(20)31-35(2,32)33/h3-16,31H,1-2H3,(H,29,30)/b14-9+. The molecule has 4 aromatic rings. The van der Waals surface area contributed by atoms with Crippen molar-refractivity contribution in [2.24, 2.45) is 0 Å². The Morgan fingerprint density at radius 1 is 1.03 bits per heavy atom. The first-order valence-electron chi connectivity index (χ1n) is 10.6. The summed E-state index contributed by atoms with van der Waals surface area (Å²) in [6.07, 6.45) is -1.68. The van der Waals surface area contributed by atoms with Gasteiger partial charge in [0.25, 0.3) is 0 Å². The number of aromatic amines is 1. The van der Waals surface area contributed by atoms with Crippen LogP contribution in [0.25, 0.3) is 34.3 Å². The van der Waals surface area contributed by atoms with E-state index in [0.29, 0.717) is 11.5 Å². The molecule has 3 aromatic carbocycles. The number of rotatable bonds is 7. The van der Waals surface area contributed by atoms with Gasteiger partial charge in [-0.2, -0.15) is 13.2 Å². The Morgan fingerprint density at radius 3 is 2.43 bits per heavy atom. The van der Waals surface area contributed by atoms with Crippen LogP contribution in [-0.2, 0) is 10.0 Å². The van der Waals surface area contributed by atoms with Gasteiger partial charge < -0.3 is 9.72 Å². The number of nitrogens with zero attached hydrogens (tertiary/aromatic N) is 1. The van der Waals surface area contributed by atoms with E-state index < -0.39 is 22.3 Å². The van der Waals surface area contributed by atoms with Gasteiger partial charge in [-0.25, -0.2) is 13.4 Å². The largest absolute Gasteiger partial charge is 0.481 e. The molecule has 10 heteroatoms. The number of nitrogens with one attached hydrogen (secondary N) is 2. The molecule has 0 aliphatic carbocycles. The lowest BCUT2D eigenvalue weighted by Crippen LogP contribution is -2.31. The van der Waals surface area contributed by atoms with Crippen molar-refractivity contribution in [3.05, 3.63) is 78.1 Å². The highest BCUT2D eigenvalue weighted by Gasteiger charge is 2.37. The van der Waals surface area contributed by atoms with E-state index in [9.17, 15) is 21.6 Å². The first-order chi connectivity index (χ1) is 16.5. The van der Waals surface area contributed by atoms with E-state index >= 15 is 0 Å². The molecule has 0 spiro atoms. The van der Waals surface area contributed by atoms with Gasteiger partial charge >= 0.3 is 6.18 Å². The molecule has 35 heavy (non-hydrogen) atoms. The van der Waals surface area contributed by atoms with Crippen molar-refractivity contribution in [1.29, 1.82) is 0 Å². The highest BCUT2D eigenvalue weighted by Crippen LogP contribution is 2.30. The van der Waals surface area contributed by atoms with E-state index in [2.05, 4.69) is 14.7 Å². The molecule has 0 aliphatic heterocycles. The molecular formula is C25H22F3N3O3S. The second kappa shape index (κ2) is 9.46. The average molecular weight is 502 g/mol. The highest BCUT2D eigenvalue weighted by molar-refractivity contribution is 7.92. The number of fused-ring (bicyclic) bond motifs is 1. The van der Waals surface area contributed by atoms with Gasteiger partial charge in [0.05, 0.1) is 23.0 Å². The van der Waals surface area contributed by atoms with Gasteiger partial charge in [-0.3, -0.25) is 4.72 Å². The minimum absolute atomic E-state index is 0.133. The smallest absolute Gasteiger partial charge is 0.425 e. The van der Waals surface area contributed by atoms with E-state index in [1.165, 1.54) is 12.1 Å². The predicted molar refractivity (Wildman–Crippen MR) is 132 cm³/mol. The van der Waals surface area contributed by atoms with Gasteiger partial charge in [0.2, 0.25) is 10.0 Å². The van der Waals surface area contributed by atoms with E-state index in [4.69, 9.17) is 4.74 Å². The van der Waals surface area contributed by atoms with Crippen molar-refractivity contribution in [1.82, 2.24) is 9.97 Å². The molecule has 1 aromatic heterocycles. The third-order valence-electron chi connectivity index (χ3n) is 5.12. The molecule has 0 radical (unpaired) electrons. The van der Waals surface area contributed by atoms with Gasteiger partial charge in [0, 0.05) is 5.56 Å². The van der Waals surface area contributed by atoms with Crippen molar-refractivity contribution < 1.29 is 26.3 Å². The summed E-state index contributed by atoms with van der Waals surface area (Å²) in [7, 11) is -3.43. The van der Waals surface area contributed by atoms with Crippen LogP contribution < -0.4 is 9.46 Å². The maximum Gasteiger partial charge on any atom is 0.425 e. The third-order valence-corrected chi connectivity index (χ3v) is 5.71. The van der Waals surface area contributed by atoms with E-state index in [0.717, 1.165) is 40.9 Å². The number of hydrogen-bond donors (Lipinski definition) is 2. The van der Waals surface area contributed by atoms with Crippen LogP contribution in [0.2, 0.25) is 0 Å².